The summed E-state index contributed by atoms with van der Waals surface area (Å²) in [5.41, 5.74) is 3.25. The molecule has 4 nitrogen and oxygen atoms in total. The van der Waals surface area contributed by atoms with Crippen LogP contribution in [0, 0.1) is 0 Å². The highest BCUT2D eigenvalue weighted by Crippen LogP contribution is 2.27. The summed E-state index contributed by atoms with van der Waals surface area (Å²) >= 11 is 7.65. The Balaban J connectivity index is 1.82. The summed E-state index contributed by atoms with van der Waals surface area (Å²) in [5, 5.41) is 4.47. The van der Waals surface area contributed by atoms with Gasteiger partial charge in [0.2, 0.25) is 0 Å². The van der Waals surface area contributed by atoms with E-state index in [1.165, 1.54) is 11.8 Å². The summed E-state index contributed by atoms with van der Waals surface area (Å²) in [5.74, 6) is 0.270. The van der Waals surface area contributed by atoms with Crippen LogP contribution in [0.3, 0.4) is 0 Å². The van der Waals surface area contributed by atoms with E-state index in [1.54, 1.807) is 19.2 Å². The number of benzene rings is 2. The van der Waals surface area contributed by atoms with Crippen LogP contribution in [0.1, 0.15) is 34.3 Å². The summed E-state index contributed by atoms with van der Waals surface area (Å²) in [6.07, 6.45) is 4.62. The number of nitrogens with zero attached hydrogens (tertiary/aromatic N) is 1. The lowest BCUT2D eigenvalue weighted by atomic mass is 9.90. The third-order valence-electron chi connectivity index (χ3n) is 4.12. The van der Waals surface area contributed by atoms with E-state index in [1.807, 2.05) is 30.5 Å². The molecular weight excluding hydrogens is 358 g/mol. The SMILES string of the molecule is COc1ccc2c(c1)CCC/C2=N/OC(=O)c1cc(SC)ccc1Cl. The minimum Gasteiger partial charge on any atom is -0.497 e. The Hall–Kier alpha value is -1.98. The van der Waals surface area contributed by atoms with Crippen LogP contribution in [0.5, 0.6) is 5.75 Å². The third kappa shape index (κ3) is 3.99. The van der Waals surface area contributed by atoms with Gasteiger partial charge in [-0.25, -0.2) is 4.79 Å². The molecule has 130 valence electrons. The first-order valence-corrected chi connectivity index (χ1v) is 9.51. The van der Waals surface area contributed by atoms with Gasteiger partial charge in [-0.2, -0.15) is 0 Å². The van der Waals surface area contributed by atoms with E-state index in [-0.39, 0.29) is 0 Å². The molecule has 0 unspecified atom stereocenters. The first-order chi connectivity index (χ1) is 12.1. The van der Waals surface area contributed by atoms with Crippen molar-refractivity contribution in [1.82, 2.24) is 0 Å². The largest absolute Gasteiger partial charge is 0.497 e. The van der Waals surface area contributed by atoms with Crippen molar-refractivity contribution >= 4 is 35.0 Å². The van der Waals surface area contributed by atoms with Crippen LogP contribution < -0.4 is 4.74 Å². The van der Waals surface area contributed by atoms with E-state index in [2.05, 4.69) is 5.16 Å². The zero-order valence-electron chi connectivity index (χ0n) is 14.0. The molecule has 1 aliphatic carbocycles. The fourth-order valence-corrected chi connectivity index (χ4v) is 3.43. The van der Waals surface area contributed by atoms with Gasteiger partial charge in [0, 0.05) is 10.5 Å². The average molecular weight is 376 g/mol. The molecule has 0 spiro atoms. The Morgan fingerprint density at radius 1 is 1.20 bits per heavy atom. The van der Waals surface area contributed by atoms with Gasteiger partial charge in [-0.05, 0) is 67.5 Å². The standard InChI is InChI=1S/C19H18ClNO3S/c1-23-13-6-8-15-12(10-13)4-3-5-18(15)21-24-19(22)16-11-14(25-2)7-9-17(16)20/h6-11H,3-5H2,1-2H3/b21-18-. The van der Waals surface area contributed by atoms with Crippen LogP contribution in [0.25, 0.3) is 0 Å². The molecule has 2 aromatic carbocycles. The summed E-state index contributed by atoms with van der Waals surface area (Å²) in [6.45, 7) is 0. The Morgan fingerprint density at radius 2 is 2.04 bits per heavy atom. The summed E-state index contributed by atoms with van der Waals surface area (Å²) in [6, 6.07) is 11.1. The molecule has 0 fully saturated rings. The van der Waals surface area contributed by atoms with Crippen LogP contribution in [0.2, 0.25) is 5.02 Å². The van der Waals surface area contributed by atoms with E-state index < -0.39 is 5.97 Å². The predicted octanol–water partition coefficient (Wildman–Crippen LogP) is 4.97. The number of hydrogen-bond donors (Lipinski definition) is 0. The molecule has 0 aliphatic heterocycles. The van der Waals surface area contributed by atoms with Crippen LogP contribution in [0.4, 0.5) is 0 Å². The second-order valence-electron chi connectivity index (χ2n) is 5.64. The Morgan fingerprint density at radius 3 is 2.80 bits per heavy atom. The van der Waals surface area contributed by atoms with Crippen LogP contribution >= 0.6 is 23.4 Å². The lowest BCUT2D eigenvalue weighted by Gasteiger charge is -2.18. The number of oxime groups is 1. The second-order valence-corrected chi connectivity index (χ2v) is 6.93. The molecule has 25 heavy (non-hydrogen) atoms. The molecule has 3 rings (SSSR count). The first kappa shape index (κ1) is 17.8. The van der Waals surface area contributed by atoms with Gasteiger partial charge in [0.15, 0.2) is 0 Å². The number of hydrogen-bond acceptors (Lipinski definition) is 5. The van der Waals surface area contributed by atoms with Crippen LogP contribution in [-0.4, -0.2) is 25.0 Å². The highest BCUT2D eigenvalue weighted by Gasteiger charge is 2.19. The van der Waals surface area contributed by atoms with Gasteiger partial charge < -0.3 is 9.57 Å². The van der Waals surface area contributed by atoms with Crippen molar-refractivity contribution in [3.8, 4) is 5.75 Å². The highest BCUT2D eigenvalue weighted by atomic mass is 35.5. The van der Waals surface area contributed by atoms with Gasteiger partial charge in [0.05, 0.1) is 23.4 Å². The highest BCUT2D eigenvalue weighted by molar-refractivity contribution is 7.98. The van der Waals surface area contributed by atoms with Crippen LogP contribution in [-0.2, 0) is 11.3 Å². The Kier molecular flexibility index (Phi) is 5.66. The lowest BCUT2D eigenvalue weighted by molar-refractivity contribution is 0.0515. The molecule has 0 bridgehead atoms. The normalized spacial score (nSPS) is 14.9. The number of halogens is 1. The van der Waals surface area contributed by atoms with Gasteiger partial charge >= 0.3 is 5.97 Å². The van der Waals surface area contributed by atoms with Gasteiger partial charge in [-0.15, -0.1) is 11.8 Å². The number of carbonyl (C=O) groups is 1. The molecule has 0 N–H and O–H groups in total. The van der Waals surface area contributed by atoms with Crippen molar-refractivity contribution in [2.24, 2.45) is 5.16 Å². The molecule has 0 aromatic heterocycles. The first-order valence-electron chi connectivity index (χ1n) is 7.91. The molecule has 0 atom stereocenters. The van der Waals surface area contributed by atoms with Gasteiger partial charge in [0.25, 0.3) is 0 Å². The van der Waals surface area contributed by atoms with E-state index >= 15 is 0 Å². The lowest BCUT2D eigenvalue weighted by Crippen LogP contribution is -2.14. The quantitative estimate of drug-likeness (QED) is 0.430. The minimum atomic E-state index is -0.547. The summed E-state index contributed by atoms with van der Waals surface area (Å²) < 4.78 is 5.26. The maximum Gasteiger partial charge on any atom is 0.367 e. The van der Waals surface area contributed by atoms with E-state index in [0.29, 0.717) is 10.6 Å². The van der Waals surface area contributed by atoms with Crippen molar-refractivity contribution in [1.29, 1.82) is 0 Å². The number of fused-ring (bicyclic) bond motifs is 1. The molecular formula is C19H18ClNO3S. The molecule has 0 amide bonds. The van der Waals surface area contributed by atoms with Crippen molar-refractivity contribution in [3.05, 3.63) is 58.1 Å². The Bertz CT molecular complexity index is 835. The molecule has 0 radical (unpaired) electrons. The van der Waals surface area contributed by atoms with E-state index in [0.717, 1.165) is 46.7 Å². The number of carbonyl (C=O) groups excluding carboxylic acids is 1. The predicted molar refractivity (Wildman–Crippen MR) is 101 cm³/mol. The fourth-order valence-electron chi connectivity index (χ4n) is 2.79. The van der Waals surface area contributed by atoms with Gasteiger partial charge in [0.1, 0.15) is 5.75 Å². The number of methoxy groups -OCH3 is 1. The van der Waals surface area contributed by atoms with Gasteiger partial charge in [-0.3, -0.25) is 0 Å². The van der Waals surface area contributed by atoms with Crippen molar-refractivity contribution < 1.29 is 14.4 Å². The van der Waals surface area contributed by atoms with Crippen molar-refractivity contribution in [3.63, 3.8) is 0 Å². The molecule has 1 aliphatic rings. The molecule has 6 heteroatoms. The van der Waals surface area contributed by atoms with E-state index in [4.69, 9.17) is 21.2 Å². The van der Waals surface area contributed by atoms with Crippen LogP contribution in [0.15, 0.2) is 46.4 Å². The number of ether oxygens (including phenoxy) is 1. The Labute approximate surface area is 156 Å². The zero-order valence-corrected chi connectivity index (χ0v) is 15.6. The average Bonchev–Trinajstić information content (AvgIpc) is 2.65. The van der Waals surface area contributed by atoms with E-state index in [9.17, 15) is 4.79 Å². The number of rotatable bonds is 4. The molecule has 0 saturated heterocycles. The number of aryl methyl sites for hydroxylation is 1. The number of thioether (sulfide) groups is 1. The maximum atomic E-state index is 12.3. The third-order valence-corrected chi connectivity index (χ3v) is 5.17. The molecule has 0 saturated carbocycles. The molecule has 2 aromatic rings. The zero-order chi connectivity index (χ0) is 17.8. The maximum absolute atomic E-state index is 12.3. The summed E-state index contributed by atoms with van der Waals surface area (Å²) in [7, 11) is 1.65. The summed E-state index contributed by atoms with van der Waals surface area (Å²) in [4.78, 5) is 18.5. The van der Waals surface area contributed by atoms with Crippen molar-refractivity contribution in [2.45, 2.75) is 24.2 Å². The van der Waals surface area contributed by atoms with Crippen molar-refractivity contribution in [2.75, 3.05) is 13.4 Å². The van der Waals surface area contributed by atoms with Gasteiger partial charge in [-0.1, -0.05) is 16.8 Å². The minimum absolute atomic E-state index is 0.323. The smallest absolute Gasteiger partial charge is 0.367 e. The second kappa shape index (κ2) is 7.93. The monoisotopic (exact) mass is 375 g/mol. The fraction of sp³-hybridized carbons (Fsp3) is 0.263. The molecule has 0 heterocycles. The topological polar surface area (TPSA) is 47.9 Å².